The molecule has 19 heavy (non-hydrogen) atoms. The summed E-state index contributed by atoms with van der Waals surface area (Å²) in [7, 11) is 1.67. The highest BCUT2D eigenvalue weighted by molar-refractivity contribution is 6.06. The minimum Gasteiger partial charge on any atom is -0.383 e. The molecule has 4 nitrogen and oxygen atoms in total. The number of carbonyl (C=O) groups excluding carboxylic acids is 1. The largest absolute Gasteiger partial charge is 0.383 e. The second kappa shape index (κ2) is 5.05. The van der Waals surface area contributed by atoms with Crippen LogP contribution in [0.2, 0.25) is 0 Å². The zero-order valence-electron chi connectivity index (χ0n) is 11.1. The van der Waals surface area contributed by atoms with E-state index in [2.05, 4.69) is 4.98 Å². The molecule has 100 valence electrons. The Morgan fingerprint density at radius 3 is 3.00 bits per heavy atom. The van der Waals surface area contributed by atoms with Crippen LogP contribution in [0.25, 0.3) is 10.9 Å². The first-order chi connectivity index (χ1) is 9.31. The molecule has 2 aromatic rings. The third kappa shape index (κ3) is 2.36. The molecule has 1 aliphatic rings. The van der Waals surface area contributed by atoms with Crippen LogP contribution in [0.15, 0.2) is 30.5 Å². The van der Waals surface area contributed by atoms with Gasteiger partial charge in [-0.1, -0.05) is 6.07 Å². The highest BCUT2D eigenvalue weighted by Gasteiger charge is 2.33. The summed E-state index contributed by atoms with van der Waals surface area (Å²) in [4.78, 5) is 17.8. The number of methoxy groups -OCH3 is 1. The molecule has 1 N–H and O–H groups in total. The maximum atomic E-state index is 12.7. The van der Waals surface area contributed by atoms with E-state index in [0.717, 1.165) is 29.3 Å². The Kier molecular flexibility index (Phi) is 3.25. The maximum absolute atomic E-state index is 12.7. The van der Waals surface area contributed by atoms with Gasteiger partial charge < -0.3 is 14.6 Å². The lowest BCUT2D eigenvalue weighted by molar-refractivity contribution is 0.0682. The number of fused-ring (bicyclic) bond motifs is 1. The summed E-state index contributed by atoms with van der Waals surface area (Å²) in [6.45, 7) is 1.26. The van der Waals surface area contributed by atoms with Gasteiger partial charge in [0.15, 0.2) is 0 Å². The van der Waals surface area contributed by atoms with E-state index in [-0.39, 0.29) is 5.91 Å². The number of aromatic nitrogens is 1. The minimum absolute atomic E-state index is 0.116. The first-order valence-electron chi connectivity index (χ1n) is 6.67. The van der Waals surface area contributed by atoms with Gasteiger partial charge in [0, 0.05) is 42.4 Å². The van der Waals surface area contributed by atoms with Gasteiger partial charge in [-0.15, -0.1) is 0 Å². The molecular formula is C15H18N2O2. The van der Waals surface area contributed by atoms with Gasteiger partial charge in [0.1, 0.15) is 0 Å². The van der Waals surface area contributed by atoms with E-state index in [1.54, 1.807) is 7.11 Å². The van der Waals surface area contributed by atoms with Gasteiger partial charge in [-0.3, -0.25) is 4.79 Å². The lowest BCUT2D eigenvalue weighted by Gasteiger charge is -2.22. The molecule has 1 heterocycles. The van der Waals surface area contributed by atoms with Gasteiger partial charge in [-0.05, 0) is 31.0 Å². The molecule has 1 saturated carbocycles. The van der Waals surface area contributed by atoms with Crippen molar-refractivity contribution in [3.05, 3.63) is 36.0 Å². The Morgan fingerprint density at radius 1 is 1.42 bits per heavy atom. The molecule has 0 saturated heterocycles. The van der Waals surface area contributed by atoms with Crippen LogP contribution in [-0.4, -0.2) is 42.1 Å². The molecule has 1 aromatic heterocycles. The van der Waals surface area contributed by atoms with Crippen LogP contribution < -0.4 is 0 Å². The van der Waals surface area contributed by atoms with Crippen molar-refractivity contribution in [1.29, 1.82) is 0 Å². The molecular weight excluding hydrogens is 240 g/mol. The number of ether oxygens (including phenoxy) is 1. The fourth-order valence-electron chi connectivity index (χ4n) is 2.45. The van der Waals surface area contributed by atoms with Crippen LogP contribution in [0.1, 0.15) is 23.2 Å². The standard InChI is InChI=1S/C15H18N2O2/c1-19-10-9-17(11-5-6-11)15(18)13-3-2-4-14-12(13)7-8-16-14/h2-4,7-8,11,16H,5-6,9-10H2,1H3. The summed E-state index contributed by atoms with van der Waals surface area (Å²) in [6, 6.07) is 8.18. The molecule has 1 aliphatic carbocycles. The quantitative estimate of drug-likeness (QED) is 0.895. The summed E-state index contributed by atoms with van der Waals surface area (Å²) in [6.07, 6.45) is 4.09. The van der Waals surface area contributed by atoms with Crippen molar-refractivity contribution < 1.29 is 9.53 Å². The van der Waals surface area contributed by atoms with E-state index in [4.69, 9.17) is 4.74 Å². The average molecular weight is 258 g/mol. The zero-order chi connectivity index (χ0) is 13.2. The second-order valence-electron chi connectivity index (χ2n) is 4.97. The molecule has 0 spiro atoms. The smallest absolute Gasteiger partial charge is 0.254 e. The number of nitrogens with zero attached hydrogens (tertiary/aromatic N) is 1. The molecule has 1 fully saturated rings. The Labute approximate surface area is 112 Å². The number of amides is 1. The van der Waals surface area contributed by atoms with E-state index in [9.17, 15) is 4.79 Å². The van der Waals surface area contributed by atoms with Crippen LogP contribution in [0.4, 0.5) is 0 Å². The summed E-state index contributed by atoms with van der Waals surface area (Å²) in [5.74, 6) is 0.116. The highest BCUT2D eigenvalue weighted by Crippen LogP contribution is 2.29. The average Bonchev–Trinajstić information content (AvgIpc) is 3.15. The molecule has 0 aliphatic heterocycles. The van der Waals surface area contributed by atoms with E-state index >= 15 is 0 Å². The van der Waals surface area contributed by atoms with E-state index in [0.29, 0.717) is 19.2 Å². The number of hydrogen-bond acceptors (Lipinski definition) is 2. The third-order valence-electron chi connectivity index (χ3n) is 3.61. The van der Waals surface area contributed by atoms with Crippen molar-refractivity contribution in [2.24, 2.45) is 0 Å². The van der Waals surface area contributed by atoms with Gasteiger partial charge in [-0.25, -0.2) is 0 Å². The van der Waals surface area contributed by atoms with Crippen molar-refractivity contribution in [3.8, 4) is 0 Å². The molecule has 0 unspecified atom stereocenters. The van der Waals surface area contributed by atoms with Gasteiger partial charge in [0.25, 0.3) is 5.91 Å². The predicted molar refractivity (Wildman–Crippen MR) is 74.2 cm³/mol. The Morgan fingerprint density at radius 2 is 2.26 bits per heavy atom. The molecule has 0 radical (unpaired) electrons. The zero-order valence-corrected chi connectivity index (χ0v) is 11.1. The van der Waals surface area contributed by atoms with E-state index < -0.39 is 0 Å². The van der Waals surface area contributed by atoms with Crippen LogP contribution in [-0.2, 0) is 4.74 Å². The first-order valence-corrected chi connectivity index (χ1v) is 6.67. The monoisotopic (exact) mass is 258 g/mol. The number of H-pyrrole nitrogens is 1. The SMILES string of the molecule is COCCN(C(=O)c1cccc2[nH]ccc12)C1CC1. The summed E-state index contributed by atoms with van der Waals surface area (Å²) in [5.41, 5.74) is 1.79. The van der Waals surface area contributed by atoms with Crippen LogP contribution in [0.5, 0.6) is 0 Å². The van der Waals surface area contributed by atoms with Gasteiger partial charge in [-0.2, -0.15) is 0 Å². The van der Waals surface area contributed by atoms with Crippen molar-refractivity contribution >= 4 is 16.8 Å². The van der Waals surface area contributed by atoms with Gasteiger partial charge in [0.2, 0.25) is 0 Å². The highest BCUT2D eigenvalue weighted by atomic mass is 16.5. The summed E-state index contributed by atoms with van der Waals surface area (Å²) < 4.78 is 5.11. The van der Waals surface area contributed by atoms with Crippen molar-refractivity contribution in [2.75, 3.05) is 20.3 Å². The molecule has 1 amide bonds. The van der Waals surface area contributed by atoms with E-state index in [1.165, 1.54) is 0 Å². The lowest BCUT2D eigenvalue weighted by Crippen LogP contribution is -2.35. The number of hydrogen-bond donors (Lipinski definition) is 1. The molecule has 1 aromatic carbocycles. The molecule has 0 bridgehead atoms. The number of benzene rings is 1. The summed E-state index contributed by atoms with van der Waals surface area (Å²) in [5, 5.41) is 0.996. The fourth-order valence-corrected chi connectivity index (χ4v) is 2.45. The van der Waals surface area contributed by atoms with Crippen molar-refractivity contribution in [2.45, 2.75) is 18.9 Å². The van der Waals surface area contributed by atoms with Crippen molar-refractivity contribution in [1.82, 2.24) is 9.88 Å². The normalized spacial score (nSPS) is 14.8. The van der Waals surface area contributed by atoms with Gasteiger partial charge >= 0.3 is 0 Å². The van der Waals surface area contributed by atoms with E-state index in [1.807, 2.05) is 35.4 Å². The van der Waals surface area contributed by atoms with Crippen LogP contribution in [0, 0.1) is 0 Å². The Balaban J connectivity index is 1.90. The number of carbonyl (C=O) groups is 1. The molecule has 4 heteroatoms. The first kappa shape index (κ1) is 12.2. The Hall–Kier alpha value is -1.81. The third-order valence-corrected chi connectivity index (χ3v) is 3.61. The van der Waals surface area contributed by atoms with Crippen LogP contribution >= 0.6 is 0 Å². The number of rotatable bonds is 5. The second-order valence-corrected chi connectivity index (χ2v) is 4.97. The number of aromatic amines is 1. The lowest BCUT2D eigenvalue weighted by atomic mass is 10.1. The predicted octanol–water partition coefficient (Wildman–Crippen LogP) is 2.42. The summed E-state index contributed by atoms with van der Waals surface area (Å²) >= 11 is 0. The number of nitrogens with one attached hydrogen (secondary N) is 1. The Bertz CT molecular complexity index is 587. The van der Waals surface area contributed by atoms with Crippen LogP contribution in [0.3, 0.4) is 0 Å². The maximum Gasteiger partial charge on any atom is 0.254 e. The molecule has 3 rings (SSSR count). The van der Waals surface area contributed by atoms with Crippen molar-refractivity contribution in [3.63, 3.8) is 0 Å². The topological polar surface area (TPSA) is 45.3 Å². The minimum atomic E-state index is 0.116. The van der Waals surface area contributed by atoms with Gasteiger partial charge in [0.05, 0.1) is 6.61 Å². The molecule has 0 atom stereocenters. The fraction of sp³-hybridized carbons (Fsp3) is 0.400.